The molecule has 0 bridgehead atoms. The summed E-state index contributed by atoms with van der Waals surface area (Å²) in [6, 6.07) is 9.81. The van der Waals surface area contributed by atoms with E-state index in [0.717, 1.165) is 11.3 Å². The lowest BCUT2D eigenvalue weighted by Crippen LogP contribution is -2.15. The van der Waals surface area contributed by atoms with Crippen LogP contribution in [-0.2, 0) is 4.79 Å². The molecule has 1 aliphatic heterocycles. The summed E-state index contributed by atoms with van der Waals surface area (Å²) in [6.07, 6.45) is 1.91. The van der Waals surface area contributed by atoms with E-state index in [4.69, 9.17) is 0 Å². The van der Waals surface area contributed by atoms with E-state index in [-0.39, 0.29) is 12.3 Å². The van der Waals surface area contributed by atoms with E-state index in [1.165, 1.54) is 11.1 Å². The summed E-state index contributed by atoms with van der Waals surface area (Å²) in [5, 5.41) is 2.78. The normalized spacial score (nSPS) is 14.1. The lowest BCUT2D eigenvalue weighted by atomic mass is 10.0. The van der Waals surface area contributed by atoms with E-state index >= 15 is 0 Å². The Labute approximate surface area is 117 Å². The van der Waals surface area contributed by atoms with Gasteiger partial charge >= 0.3 is 0 Å². The van der Waals surface area contributed by atoms with Crippen molar-refractivity contribution in [2.45, 2.75) is 20.3 Å². The number of fused-ring (bicyclic) bond motifs is 1. The van der Waals surface area contributed by atoms with E-state index in [1.807, 2.05) is 18.2 Å². The van der Waals surface area contributed by atoms with Crippen molar-refractivity contribution in [3.63, 3.8) is 0 Å². The number of rotatable bonds is 1. The number of aromatic nitrogens is 1. The van der Waals surface area contributed by atoms with Crippen molar-refractivity contribution in [2.24, 2.45) is 4.99 Å². The van der Waals surface area contributed by atoms with Gasteiger partial charge in [0.15, 0.2) is 5.82 Å². The molecule has 4 nitrogen and oxygen atoms in total. The molecule has 1 N–H and O–H groups in total. The predicted molar refractivity (Wildman–Crippen MR) is 79.6 cm³/mol. The van der Waals surface area contributed by atoms with Crippen LogP contribution in [0.15, 0.2) is 41.5 Å². The summed E-state index contributed by atoms with van der Waals surface area (Å²) in [5.41, 5.74) is 4.89. The van der Waals surface area contributed by atoms with E-state index in [2.05, 4.69) is 41.3 Å². The molecule has 20 heavy (non-hydrogen) atoms. The summed E-state index contributed by atoms with van der Waals surface area (Å²) < 4.78 is 0. The fourth-order valence-corrected chi connectivity index (χ4v) is 2.18. The number of benzene rings is 1. The maximum Gasteiger partial charge on any atom is 0.231 e. The van der Waals surface area contributed by atoms with Crippen LogP contribution in [0.1, 0.15) is 23.1 Å². The van der Waals surface area contributed by atoms with Crippen LogP contribution in [0.4, 0.5) is 11.5 Å². The van der Waals surface area contributed by atoms with Gasteiger partial charge in [-0.2, -0.15) is 0 Å². The molecule has 0 spiro atoms. The Bertz CT molecular complexity index is 719. The molecule has 1 aromatic carbocycles. The Morgan fingerprint density at radius 3 is 2.80 bits per heavy atom. The molecule has 0 saturated heterocycles. The van der Waals surface area contributed by atoms with E-state index in [9.17, 15) is 4.79 Å². The first kappa shape index (κ1) is 12.5. The monoisotopic (exact) mass is 265 g/mol. The molecule has 3 rings (SSSR count). The van der Waals surface area contributed by atoms with Crippen LogP contribution in [0, 0.1) is 13.8 Å². The standard InChI is InChI=1S/C16H15N3O/c1-10-5-6-12(8-11(10)2)14-9-15(20)19-16-13(18-14)4-3-7-17-16/h3-8H,9H2,1-2H3,(H,17,19,20). The molecular weight excluding hydrogens is 250 g/mol. The number of hydrogen-bond acceptors (Lipinski definition) is 3. The third-order valence-corrected chi connectivity index (χ3v) is 3.47. The maximum absolute atomic E-state index is 11.9. The Morgan fingerprint density at radius 2 is 2.00 bits per heavy atom. The lowest BCUT2D eigenvalue weighted by Gasteiger charge is -2.06. The number of carbonyl (C=O) groups is 1. The molecule has 0 aliphatic carbocycles. The summed E-state index contributed by atoms with van der Waals surface area (Å²) in [5.74, 6) is 0.441. The zero-order valence-electron chi connectivity index (χ0n) is 11.5. The van der Waals surface area contributed by atoms with Gasteiger partial charge in [0.05, 0.1) is 12.1 Å². The molecule has 1 aliphatic rings. The second-order valence-corrected chi connectivity index (χ2v) is 4.95. The zero-order chi connectivity index (χ0) is 14.1. The Morgan fingerprint density at radius 1 is 1.15 bits per heavy atom. The molecule has 4 heteroatoms. The lowest BCUT2D eigenvalue weighted by molar-refractivity contribution is -0.115. The van der Waals surface area contributed by atoms with E-state index in [0.29, 0.717) is 11.5 Å². The van der Waals surface area contributed by atoms with Crippen molar-refractivity contribution in [2.75, 3.05) is 5.32 Å². The molecule has 100 valence electrons. The van der Waals surface area contributed by atoms with Crippen LogP contribution in [0.5, 0.6) is 0 Å². The van der Waals surface area contributed by atoms with Crippen LogP contribution >= 0.6 is 0 Å². The van der Waals surface area contributed by atoms with Crippen LogP contribution in [-0.4, -0.2) is 16.6 Å². The molecular formula is C16H15N3O. The number of aryl methyl sites for hydroxylation is 2. The van der Waals surface area contributed by atoms with Crippen LogP contribution in [0.2, 0.25) is 0 Å². The maximum atomic E-state index is 11.9. The molecule has 1 amide bonds. The van der Waals surface area contributed by atoms with Gasteiger partial charge in [-0.25, -0.2) is 9.98 Å². The summed E-state index contributed by atoms with van der Waals surface area (Å²) in [7, 11) is 0. The number of anilines is 1. The Hall–Kier alpha value is -2.49. The number of pyridine rings is 1. The molecule has 2 heterocycles. The third kappa shape index (κ3) is 2.32. The van der Waals surface area contributed by atoms with Crippen molar-refractivity contribution in [3.05, 3.63) is 53.2 Å². The smallest absolute Gasteiger partial charge is 0.231 e. The molecule has 0 atom stereocenters. The van der Waals surface area contributed by atoms with Crippen LogP contribution < -0.4 is 5.32 Å². The minimum atomic E-state index is -0.0839. The number of amides is 1. The van der Waals surface area contributed by atoms with Gasteiger partial charge in [0.1, 0.15) is 5.69 Å². The van der Waals surface area contributed by atoms with Crippen molar-refractivity contribution < 1.29 is 4.79 Å². The number of hydrogen-bond donors (Lipinski definition) is 1. The van der Waals surface area contributed by atoms with Gasteiger partial charge in [-0.1, -0.05) is 12.1 Å². The summed E-state index contributed by atoms with van der Waals surface area (Å²) in [6.45, 7) is 4.13. The van der Waals surface area contributed by atoms with Crippen molar-refractivity contribution >= 4 is 23.1 Å². The number of aliphatic imine (C=N–C) groups is 1. The molecule has 1 aromatic heterocycles. The third-order valence-electron chi connectivity index (χ3n) is 3.47. The molecule has 0 radical (unpaired) electrons. The average molecular weight is 265 g/mol. The van der Waals surface area contributed by atoms with Gasteiger partial charge in [0.25, 0.3) is 0 Å². The van der Waals surface area contributed by atoms with Gasteiger partial charge in [-0.05, 0) is 48.7 Å². The SMILES string of the molecule is Cc1ccc(C2=Nc3cccnc3NC(=O)C2)cc1C. The quantitative estimate of drug-likeness (QED) is 0.861. The summed E-state index contributed by atoms with van der Waals surface area (Å²) >= 11 is 0. The zero-order valence-corrected chi connectivity index (χ0v) is 11.5. The average Bonchev–Trinajstić information content (AvgIpc) is 2.59. The Kier molecular flexibility index (Phi) is 3.06. The minimum absolute atomic E-state index is 0.0839. The molecule has 0 unspecified atom stereocenters. The van der Waals surface area contributed by atoms with Crippen LogP contribution in [0.3, 0.4) is 0 Å². The topological polar surface area (TPSA) is 54.4 Å². The second-order valence-electron chi connectivity index (χ2n) is 4.95. The molecule has 2 aromatic rings. The number of nitrogens with zero attached hydrogens (tertiary/aromatic N) is 2. The number of carbonyl (C=O) groups excluding carboxylic acids is 1. The van der Waals surface area contributed by atoms with Gasteiger partial charge in [0.2, 0.25) is 5.91 Å². The highest BCUT2D eigenvalue weighted by molar-refractivity contribution is 6.16. The van der Waals surface area contributed by atoms with Crippen molar-refractivity contribution in [1.29, 1.82) is 0 Å². The van der Waals surface area contributed by atoms with Gasteiger partial charge < -0.3 is 5.32 Å². The van der Waals surface area contributed by atoms with E-state index < -0.39 is 0 Å². The van der Waals surface area contributed by atoms with Gasteiger partial charge in [0, 0.05) is 6.20 Å². The summed E-state index contributed by atoms with van der Waals surface area (Å²) in [4.78, 5) is 20.7. The fraction of sp³-hybridized carbons (Fsp3) is 0.188. The highest BCUT2D eigenvalue weighted by Crippen LogP contribution is 2.26. The van der Waals surface area contributed by atoms with Gasteiger partial charge in [-0.15, -0.1) is 0 Å². The fourth-order valence-electron chi connectivity index (χ4n) is 2.18. The largest absolute Gasteiger partial charge is 0.309 e. The van der Waals surface area contributed by atoms with E-state index in [1.54, 1.807) is 6.20 Å². The van der Waals surface area contributed by atoms with Crippen molar-refractivity contribution in [1.82, 2.24) is 4.98 Å². The van der Waals surface area contributed by atoms with Crippen molar-refractivity contribution in [3.8, 4) is 0 Å². The minimum Gasteiger partial charge on any atom is -0.309 e. The second kappa shape index (κ2) is 4.89. The number of nitrogens with one attached hydrogen (secondary N) is 1. The highest BCUT2D eigenvalue weighted by Gasteiger charge is 2.17. The van der Waals surface area contributed by atoms with Gasteiger partial charge in [-0.3, -0.25) is 4.79 Å². The Balaban J connectivity index is 2.10. The highest BCUT2D eigenvalue weighted by atomic mass is 16.1. The first-order chi connectivity index (χ1) is 9.63. The first-order valence-electron chi connectivity index (χ1n) is 6.53. The predicted octanol–water partition coefficient (Wildman–Crippen LogP) is 3.16. The first-order valence-corrected chi connectivity index (χ1v) is 6.53. The van der Waals surface area contributed by atoms with Crippen LogP contribution in [0.25, 0.3) is 0 Å². The molecule has 0 fully saturated rings. The molecule has 0 saturated carbocycles.